The van der Waals surface area contributed by atoms with E-state index >= 15 is 0 Å². The van der Waals surface area contributed by atoms with E-state index in [1.165, 1.54) is 0 Å². The Balaban J connectivity index is 2.28. The number of aromatic nitrogens is 2. The predicted octanol–water partition coefficient (Wildman–Crippen LogP) is 2.17. The average Bonchev–Trinajstić information content (AvgIpc) is 2.43. The number of nitrogens with zero attached hydrogens (tertiary/aromatic N) is 2. The summed E-state index contributed by atoms with van der Waals surface area (Å²) in [6.07, 6.45) is 3.08. The van der Waals surface area contributed by atoms with Crippen molar-refractivity contribution in [3.8, 4) is 0 Å². The lowest BCUT2D eigenvalue weighted by Gasteiger charge is -2.17. The molecule has 1 atom stereocenters. The number of nitrogen functional groups attached to an aromatic ring is 1. The van der Waals surface area contributed by atoms with E-state index < -0.39 is 0 Å². The summed E-state index contributed by atoms with van der Waals surface area (Å²) in [7, 11) is 0. The van der Waals surface area contributed by atoms with Crippen molar-refractivity contribution in [3.63, 3.8) is 0 Å². The van der Waals surface area contributed by atoms with Crippen molar-refractivity contribution in [1.82, 2.24) is 9.97 Å². The minimum Gasteiger partial charge on any atom is -0.394 e. The van der Waals surface area contributed by atoms with Gasteiger partial charge in [-0.3, -0.25) is 0 Å². The van der Waals surface area contributed by atoms with E-state index in [0.717, 1.165) is 30.2 Å². The largest absolute Gasteiger partial charge is 0.394 e. The third kappa shape index (κ3) is 3.32. The van der Waals surface area contributed by atoms with E-state index in [0.29, 0.717) is 5.82 Å². The smallest absolute Gasteiger partial charge is 0.222 e. The zero-order valence-corrected chi connectivity index (χ0v) is 11.1. The van der Waals surface area contributed by atoms with Crippen LogP contribution in [-0.4, -0.2) is 27.7 Å². The fourth-order valence-corrected chi connectivity index (χ4v) is 2.06. The second kappa shape index (κ2) is 6.33. The number of unbranched alkanes of at least 4 members (excludes halogenated alkanes) is 1. The molecule has 0 radical (unpaired) electrons. The van der Waals surface area contributed by atoms with Crippen LogP contribution in [0.5, 0.6) is 0 Å². The molecule has 0 spiro atoms. The molecule has 5 nitrogen and oxygen atoms in total. The first-order valence-electron chi connectivity index (χ1n) is 6.64. The van der Waals surface area contributed by atoms with E-state index in [9.17, 15) is 5.11 Å². The highest BCUT2D eigenvalue weighted by Gasteiger charge is 2.11. The molecule has 0 unspecified atom stereocenters. The van der Waals surface area contributed by atoms with Crippen LogP contribution >= 0.6 is 0 Å². The Kier molecular flexibility index (Phi) is 4.52. The van der Waals surface area contributed by atoms with E-state index in [2.05, 4.69) is 22.2 Å². The molecule has 0 saturated carbocycles. The highest BCUT2D eigenvalue weighted by molar-refractivity contribution is 5.89. The molecule has 102 valence electrons. The van der Waals surface area contributed by atoms with Gasteiger partial charge < -0.3 is 16.2 Å². The lowest BCUT2D eigenvalue weighted by Crippen LogP contribution is -2.24. The average molecular weight is 260 g/mol. The third-order valence-corrected chi connectivity index (χ3v) is 3.09. The quantitative estimate of drug-likeness (QED) is 0.741. The van der Waals surface area contributed by atoms with Crippen molar-refractivity contribution in [3.05, 3.63) is 24.3 Å². The van der Waals surface area contributed by atoms with E-state index in [1.54, 1.807) is 0 Å². The van der Waals surface area contributed by atoms with Crippen LogP contribution in [0.1, 0.15) is 26.2 Å². The molecular weight excluding hydrogens is 240 g/mol. The summed E-state index contributed by atoms with van der Waals surface area (Å²) in [5.74, 6) is 0.937. The summed E-state index contributed by atoms with van der Waals surface area (Å²) in [6, 6.07) is 7.70. The molecular formula is C14H20N4O. The predicted molar refractivity (Wildman–Crippen MR) is 78.0 cm³/mol. The number of aliphatic hydroxyl groups is 1. The van der Waals surface area contributed by atoms with Crippen LogP contribution in [0, 0.1) is 0 Å². The molecule has 0 aliphatic heterocycles. The van der Waals surface area contributed by atoms with Crippen LogP contribution in [0.2, 0.25) is 0 Å². The number of rotatable bonds is 6. The molecule has 0 aliphatic rings. The van der Waals surface area contributed by atoms with Gasteiger partial charge in [-0.15, -0.1) is 0 Å². The van der Waals surface area contributed by atoms with Gasteiger partial charge >= 0.3 is 0 Å². The van der Waals surface area contributed by atoms with Gasteiger partial charge in [0.15, 0.2) is 0 Å². The molecule has 0 bridgehead atoms. The lowest BCUT2D eigenvalue weighted by molar-refractivity contribution is 0.267. The van der Waals surface area contributed by atoms with Crippen LogP contribution in [0.15, 0.2) is 24.3 Å². The zero-order chi connectivity index (χ0) is 13.7. The monoisotopic (exact) mass is 260 g/mol. The van der Waals surface area contributed by atoms with Crippen molar-refractivity contribution in [2.75, 3.05) is 17.7 Å². The van der Waals surface area contributed by atoms with Crippen LogP contribution in [-0.2, 0) is 0 Å². The van der Waals surface area contributed by atoms with Gasteiger partial charge in [0.25, 0.3) is 0 Å². The van der Waals surface area contributed by atoms with Crippen molar-refractivity contribution >= 4 is 22.7 Å². The number of aliphatic hydroxyl groups excluding tert-OH is 1. The molecule has 0 amide bonds. The number of hydrogen-bond acceptors (Lipinski definition) is 5. The summed E-state index contributed by atoms with van der Waals surface area (Å²) in [5, 5.41) is 13.6. The highest BCUT2D eigenvalue weighted by Crippen LogP contribution is 2.22. The Morgan fingerprint density at radius 1 is 1.32 bits per heavy atom. The molecule has 1 heterocycles. The first-order valence-corrected chi connectivity index (χ1v) is 6.64. The van der Waals surface area contributed by atoms with Gasteiger partial charge in [-0.25, -0.2) is 4.98 Å². The van der Waals surface area contributed by atoms with Gasteiger partial charge in [0.05, 0.1) is 18.2 Å². The Morgan fingerprint density at radius 3 is 2.84 bits per heavy atom. The second-order valence-electron chi connectivity index (χ2n) is 4.61. The molecule has 1 aromatic heterocycles. The second-order valence-corrected chi connectivity index (χ2v) is 4.61. The Bertz CT molecular complexity index is 544. The van der Waals surface area contributed by atoms with Crippen LogP contribution < -0.4 is 11.1 Å². The SMILES string of the molecule is CCCC[C@H](CO)Nc1nc(N)nc2ccccc12. The van der Waals surface area contributed by atoms with Gasteiger partial charge in [0, 0.05) is 5.39 Å². The molecule has 0 fully saturated rings. The van der Waals surface area contributed by atoms with Crippen LogP contribution in [0.4, 0.5) is 11.8 Å². The lowest BCUT2D eigenvalue weighted by atomic mass is 10.1. The molecule has 2 aromatic rings. The fraction of sp³-hybridized carbons (Fsp3) is 0.429. The maximum atomic E-state index is 9.42. The van der Waals surface area contributed by atoms with Gasteiger partial charge in [-0.1, -0.05) is 31.9 Å². The maximum absolute atomic E-state index is 9.42. The van der Waals surface area contributed by atoms with Gasteiger partial charge in [0.2, 0.25) is 5.95 Å². The van der Waals surface area contributed by atoms with E-state index in [4.69, 9.17) is 5.73 Å². The summed E-state index contributed by atoms with van der Waals surface area (Å²) in [4.78, 5) is 8.44. The number of fused-ring (bicyclic) bond motifs is 1. The number of para-hydroxylation sites is 1. The third-order valence-electron chi connectivity index (χ3n) is 3.09. The van der Waals surface area contributed by atoms with Crippen molar-refractivity contribution in [2.45, 2.75) is 32.2 Å². The van der Waals surface area contributed by atoms with Crippen molar-refractivity contribution < 1.29 is 5.11 Å². The van der Waals surface area contributed by atoms with Crippen molar-refractivity contribution in [2.24, 2.45) is 0 Å². The maximum Gasteiger partial charge on any atom is 0.222 e. The summed E-state index contributed by atoms with van der Waals surface area (Å²) < 4.78 is 0. The Labute approximate surface area is 112 Å². The highest BCUT2D eigenvalue weighted by atomic mass is 16.3. The number of nitrogens with one attached hydrogen (secondary N) is 1. The fourth-order valence-electron chi connectivity index (χ4n) is 2.06. The number of nitrogens with two attached hydrogens (primary N) is 1. The summed E-state index contributed by atoms with van der Waals surface area (Å²) in [6.45, 7) is 2.21. The number of hydrogen-bond donors (Lipinski definition) is 3. The molecule has 0 aliphatic carbocycles. The topological polar surface area (TPSA) is 84.1 Å². The van der Waals surface area contributed by atoms with E-state index in [1.807, 2.05) is 24.3 Å². The molecule has 4 N–H and O–H groups in total. The van der Waals surface area contributed by atoms with Crippen LogP contribution in [0.3, 0.4) is 0 Å². The molecule has 5 heteroatoms. The normalized spacial score (nSPS) is 12.5. The van der Waals surface area contributed by atoms with Gasteiger partial charge in [-0.2, -0.15) is 4.98 Å². The summed E-state index contributed by atoms with van der Waals surface area (Å²) >= 11 is 0. The Morgan fingerprint density at radius 2 is 2.11 bits per heavy atom. The summed E-state index contributed by atoms with van der Waals surface area (Å²) in [5.41, 5.74) is 6.53. The molecule has 19 heavy (non-hydrogen) atoms. The van der Waals surface area contributed by atoms with Gasteiger partial charge in [0.1, 0.15) is 5.82 Å². The zero-order valence-electron chi connectivity index (χ0n) is 11.1. The Hall–Kier alpha value is -1.88. The van der Waals surface area contributed by atoms with Crippen molar-refractivity contribution in [1.29, 1.82) is 0 Å². The number of anilines is 2. The first-order chi connectivity index (χ1) is 9.24. The van der Waals surface area contributed by atoms with Crippen LogP contribution in [0.25, 0.3) is 10.9 Å². The minimum atomic E-state index is -0.00217. The molecule has 2 rings (SSSR count). The molecule has 0 saturated heterocycles. The molecule has 1 aromatic carbocycles. The standard InChI is InChI=1S/C14H20N4O/c1-2-3-6-10(9-19)16-13-11-7-4-5-8-12(11)17-14(15)18-13/h4-5,7-8,10,19H,2-3,6,9H2,1H3,(H3,15,16,17,18)/t10-/m1/s1. The first kappa shape index (κ1) is 13.5. The number of benzene rings is 1. The van der Waals surface area contributed by atoms with E-state index in [-0.39, 0.29) is 18.6 Å². The van der Waals surface area contributed by atoms with Gasteiger partial charge in [-0.05, 0) is 18.6 Å². The minimum absolute atomic E-state index is 0.00217.